The van der Waals surface area contributed by atoms with Crippen molar-refractivity contribution in [1.82, 2.24) is 20.0 Å². The molecule has 2 fully saturated rings. The Hall–Kier alpha value is -1.99. The Balaban J connectivity index is 1.33. The zero-order valence-electron chi connectivity index (χ0n) is 13.9. The number of nitrogens with two attached hydrogens (primary N) is 1. The first kappa shape index (κ1) is 15.5. The van der Waals surface area contributed by atoms with Crippen molar-refractivity contribution in [2.24, 2.45) is 5.73 Å². The van der Waals surface area contributed by atoms with Gasteiger partial charge in [-0.15, -0.1) is 0 Å². The first-order valence-corrected chi connectivity index (χ1v) is 8.73. The largest absolute Gasteiger partial charge is 0.354 e. The van der Waals surface area contributed by atoms with Gasteiger partial charge < -0.3 is 15.2 Å². The molecule has 2 aromatic rings. The number of rotatable bonds is 4. The van der Waals surface area contributed by atoms with Crippen LogP contribution in [0.2, 0.25) is 0 Å². The maximum absolute atomic E-state index is 6.40. The van der Waals surface area contributed by atoms with Gasteiger partial charge in [-0.1, -0.05) is 24.1 Å². The van der Waals surface area contributed by atoms with Crippen LogP contribution in [0.4, 0.5) is 5.82 Å². The van der Waals surface area contributed by atoms with Crippen LogP contribution in [0.5, 0.6) is 0 Å². The standard InChI is InChI=1S/C17H24N6O/c18-17(6-2-3-7-17)16-20-15(24-21-16)13-22-9-11-23(12-10-22)14-5-1-4-8-19-14/h1,4-5,8H,2-3,6-7,9-13,18H2. The molecular weight excluding hydrogens is 304 g/mol. The van der Waals surface area contributed by atoms with Crippen molar-refractivity contribution in [3.8, 4) is 0 Å². The predicted molar refractivity (Wildman–Crippen MR) is 90.4 cm³/mol. The van der Waals surface area contributed by atoms with E-state index in [1.54, 1.807) is 0 Å². The molecule has 0 bridgehead atoms. The second-order valence-corrected chi connectivity index (χ2v) is 6.83. The van der Waals surface area contributed by atoms with Crippen molar-refractivity contribution in [2.75, 3.05) is 31.1 Å². The first-order chi connectivity index (χ1) is 11.7. The number of piperazine rings is 1. The maximum atomic E-state index is 6.40. The summed E-state index contributed by atoms with van der Waals surface area (Å²) in [6.45, 7) is 4.53. The molecule has 24 heavy (non-hydrogen) atoms. The topological polar surface area (TPSA) is 84.3 Å². The van der Waals surface area contributed by atoms with Gasteiger partial charge in [-0.25, -0.2) is 4.98 Å². The molecule has 2 N–H and O–H groups in total. The minimum atomic E-state index is -0.376. The number of hydrogen-bond donors (Lipinski definition) is 1. The van der Waals surface area contributed by atoms with E-state index >= 15 is 0 Å². The third-order valence-electron chi connectivity index (χ3n) is 5.11. The maximum Gasteiger partial charge on any atom is 0.240 e. The quantitative estimate of drug-likeness (QED) is 0.910. The Morgan fingerprint density at radius 3 is 2.62 bits per heavy atom. The monoisotopic (exact) mass is 328 g/mol. The van der Waals surface area contributed by atoms with E-state index in [2.05, 4.69) is 31.0 Å². The summed E-state index contributed by atoms with van der Waals surface area (Å²) in [6, 6.07) is 6.03. The Labute approximate surface area is 141 Å². The van der Waals surface area contributed by atoms with Crippen LogP contribution in [-0.2, 0) is 12.1 Å². The van der Waals surface area contributed by atoms with Crippen LogP contribution >= 0.6 is 0 Å². The van der Waals surface area contributed by atoms with Crippen LogP contribution in [0.25, 0.3) is 0 Å². The Morgan fingerprint density at radius 2 is 1.92 bits per heavy atom. The molecule has 7 nitrogen and oxygen atoms in total. The fourth-order valence-electron chi connectivity index (χ4n) is 3.62. The molecule has 2 aromatic heterocycles. The molecule has 0 radical (unpaired) electrons. The van der Waals surface area contributed by atoms with Gasteiger partial charge in [0, 0.05) is 32.4 Å². The van der Waals surface area contributed by atoms with Gasteiger partial charge in [-0.05, 0) is 25.0 Å². The van der Waals surface area contributed by atoms with Gasteiger partial charge >= 0.3 is 0 Å². The van der Waals surface area contributed by atoms with Crippen molar-refractivity contribution >= 4 is 5.82 Å². The van der Waals surface area contributed by atoms with E-state index in [4.69, 9.17) is 10.3 Å². The molecule has 2 aliphatic rings. The molecule has 1 aliphatic carbocycles. The smallest absolute Gasteiger partial charge is 0.240 e. The third kappa shape index (κ3) is 3.14. The summed E-state index contributed by atoms with van der Waals surface area (Å²) in [7, 11) is 0. The van der Waals surface area contributed by atoms with Crippen molar-refractivity contribution in [3.05, 3.63) is 36.1 Å². The van der Waals surface area contributed by atoms with Crippen LogP contribution in [0, 0.1) is 0 Å². The Kier molecular flexibility index (Phi) is 4.20. The number of pyridine rings is 1. The van der Waals surface area contributed by atoms with Gasteiger partial charge in [0.05, 0.1) is 12.1 Å². The van der Waals surface area contributed by atoms with E-state index in [0.29, 0.717) is 18.3 Å². The van der Waals surface area contributed by atoms with Crippen molar-refractivity contribution < 1.29 is 4.52 Å². The van der Waals surface area contributed by atoms with E-state index in [9.17, 15) is 0 Å². The van der Waals surface area contributed by atoms with Crippen molar-refractivity contribution in [1.29, 1.82) is 0 Å². The molecule has 0 unspecified atom stereocenters. The summed E-state index contributed by atoms with van der Waals surface area (Å²) in [6.07, 6.45) is 6.04. The average molecular weight is 328 g/mol. The number of hydrogen-bond acceptors (Lipinski definition) is 7. The summed E-state index contributed by atoms with van der Waals surface area (Å²) in [5.41, 5.74) is 6.02. The number of aromatic nitrogens is 3. The summed E-state index contributed by atoms with van der Waals surface area (Å²) in [4.78, 5) is 13.6. The molecule has 0 amide bonds. The molecular formula is C17H24N6O. The molecule has 0 aromatic carbocycles. The van der Waals surface area contributed by atoms with Crippen LogP contribution in [0.1, 0.15) is 37.4 Å². The van der Waals surface area contributed by atoms with Gasteiger partial charge in [0.2, 0.25) is 5.89 Å². The highest BCUT2D eigenvalue weighted by atomic mass is 16.5. The summed E-state index contributed by atoms with van der Waals surface area (Å²) < 4.78 is 5.45. The molecule has 1 saturated carbocycles. The molecule has 0 spiro atoms. The minimum absolute atomic E-state index is 0.376. The van der Waals surface area contributed by atoms with Crippen LogP contribution in [-0.4, -0.2) is 46.2 Å². The van der Waals surface area contributed by atoms with E-state index in [1.165, 1.54) is 0 Å². The second-order valence-electron chi connectivity index (χ2n) is 6.83. The molecule has 3 heterocycles. The lowest BCUT2D eigenvalue weighted by Gasteiger charge is -2.34. The van der Waals surface area contributed by atoms with Gasteiger partial charge in [-0.2, -0.15) is 4.98 Å². The van der Waals surface area contributed by atoms with Crippen LogP contribution in [0.15, 0.2) is 28.9 Å². The number of nitrogens with zero attached hydrogens (tertiary/aromatic N) is 5. The zero-order valence-corrected chi connectivity index (χ0v) is 13.9. The second kappa shape index (κ2) is 6.49. The summed E-state index contributed by atoms with van der Waals surface area (Å²) in [5, 5.41) is 4.14. The first-order valence-electron chi connectivity index (χ1n) is 8.73. The summed E-state index contributed by atoms with van der Waals surface area (Å²) >= 11 is 0. The SMILES string of the molecule is NC1(c2noc(CN3CCN(c4ccccn4)CC3)n2)CCCC1. The third-order valence-corrected chi connectivity index (χ3v) is 5.11. The van der Waals surface area contributed by atoms with Crippen LogP contribution < -0.4 is 10.6 Å². The minimum Gasteiger partial charge on any atom is -0.354 e. The number of anilines is 1. The highest BCUT2D eigenvalue weighted by Crippen LogP contribution is 2.34. The molecule has 1 aliphatic heterocycles. The fourth-order valence-corrected chi connectivity index (χ4v) is 3.62. The fraction of sp³-hybridized carbons (Fsp3) is 0.588. The van der Waals surface area contributed by atoms with Gasteiger partial charge in [0.15, 0.2) is 5.82 Å². The summed E-state index contributed by atoms with van der Waals surface area (Å²) in [5.74, 6) is 2.40. The van der Waals surface area contributed by atoms with Gasteiger partial charge in [0.25, 0.3) is 0 Å². The predicted octanol–water partition coefficient (Wildman–Crippen LogP) is 1.51. The van der Waals surface area contributed by atoms with Gasteiger partial charge in [-0.3, -0.25) is 4.90 Å². The van der Waals surface area contributed by atoms with E-state index in [-0.39, 0.29) is 5.54 Å². The lowest BCUT2D eigenvalue weighted by molar-refractivity contribution is 0.214. The molecule has 7 heteroatoms. The van der Waals surface area contributed by atoms with Crippen molar-refractivity contribution in [3.63, 3.8) is 0 Å². The lowest BCUT2D eigenvalue weighted by atomic mass is 9.99. The highest BCUT2D eigenvalue weighted by molar-refractivity contribution is 5.38. The van der Waals surface area contributed by atoms with Gasteiger partial charge in [0.1, 0.15) is 5.82 Å². The van der Waals surface area contributed by atoms with Crippen LogP contribution in [0.3, 0.4) is 0 Å². The Morgan fingerprint density at radius 1 is 1.12 bits per heavy atom. The van der Waals surface area contributed by atoms with Crippen molar-refractivity contribution in [2.45, 2.75) is 37.8 Å². The molecule has 1 saturated heterocycles. The van der Waals surface area contributed by atoms with E-state index in [1.807, 2.05) is 18.3 Å². The van der Waals surface area contributed by atoms with E-state index in [0.717, 1.165) is 57.7 Å². The highest BCUT2D eigenvalue weighted by Gasteiger charge is 2.36. The lowest BCUT2D eigenvalue weighted by Crippen LogP contribution is -2.46. The van der Waals surface area contributed by atoms with E-state index < -0.39 is 0 Å². The Bertz CT molecular complexity index is 659. The molecule has 128 valence electrons. The average Bonchev–Trinajstić information content (AvgIpc) is 3.27. The zero-order chi connectivity index (χ0) is 16.4. The normalized spacial score (nSPS) is 21.3. The molecule has 0 atom stereocenters. The molecule has 4 rings (SSSR count).